The number of hydrogen-bond acceptors (Lipinski definition) is 2. The molecule has 112 valence electrons. The van der Waals surface area contributed by atoms with Crippen molar-refractivity contribution in [2.24, 2.45) is 11.1 Å². The Morgan fingerprint density at radius 2 is 1.85 bits per heavy atom. The van der Waals surface area contributed by atoms with Crippen molar-refractivity contribution in [3.63, 3.8) is 0 Å². The zero-order chi connectivity index (χ0) is 15.7. The first-order chi connectivity index (χ1) is 8.93. The van der Waals surface area contributed by atoms with Gasteiger partial charge in [-0.15, -0.1) is 0 Å². The lowest BCUT2D eigenvalue weighted by Crippen LogP contribution is -2.35. The standard InChI is InChI=1S/C15H22BrFN2S/c1-14(2,3)8-15(4,5)19-10-7-6-9(13(18)20)11(16)12(10)17/h6-7,19H,8H2,1-5H3,(H2,18,20). The minimum Gasteiger partial charge on any atom is -0.389 e. The Morgan fingerprint density at radius 1 is 1.30 bits per heavy atom. The predicted molar refractivity (Wildman–Crippen MR) is 91.8 cm³/mol. The molecular weight excluding hydrogens is 339 g/mol. The summed E-state index contributed by atoms with van der Waals surface area (Å²) in [6.45, 7) is 10.6. The normalized spacial score (nSPS) is 12.3. The Morgan fingerprint density at radius 3 is 2.30 bits per heavy atom. The van der Waals surface area contributed by atoms with Gasteiger partial charge >= 0.3 is 0 Å². The highest BCUT2D eigenvalue weighted by atomic mass is 79.9. The number of halogens is 2. The Labute approximate surface area is 134 Å². The van der Waals surface area contributed by atoms with E-state index in [2.05, 4.69) is 55.9 Å². The van der Waals surface area contributed by atoms with E-state index in [1.54, 1.807) is 12.1 Å². The number of hydrogen-bond donors (Lipinski definition) is 2. The van der Waals surface area contributed by atoms with Crippen LogP contribution in [0.1, 0.15) is 46.6 Å². The van der Waals surface area contributed by atoms with Gasteiger partial charge in [0.25, 0.3) is 0 Å². The van der Waals surface area contributed by atoms with Crippen LogP contribution in [0.25, 0.3) is 0 Å². The summed E-state index contributed by atoms with van der Waals surface area (Å²) in [5.74, 6) is -0.364. The van der Waals surface area contributed by atoms with E-state index in [9.17, 15) is 4.39 Å². The number of benzene rings is 1. The van der Waals surface area contributed by atoms with E-state index in [0.29, 0.717) is 15.7 Å². The highest BCUT2D eigenvalue weighted by Gasteiger charge is 2.26. The predicted octanol–water partition coefficient (Wildman–Crippen LogP) is 4.85. The number of thiocarbonyl (C=S) groups is 1. The SMILES string of the molecule is CC(C)(C)CC(C)(C)Nc1ccc(C(N)=S)c(Br)c1F. The van der Waals surface area contributed by atoms with Crippen LogP contribution in [0, 0.1) is 11.2 Å². The molecule has 0 bridgehead atoms. The highest BCUT2D eigenvalue weighted by molar-refractivity contribution is 9.10. The molecule has 0 spiro atoms. The summed E-state index contributed by atoms with van der Waals surface area (Å²) in [5, 5.41) is 3.26. The van der Waals surface area contributed by atoms with Gasteiger partial charge in [0.1, 0.15) is 4.99 Å². The third-order valence-corrected chi connectivity index (χ3v) is 3.79. The van der Waals surface area contributed by atoms with E-state index in [1.165, 1.54) is 0 Å². The van der Waals surface area contributed by atoms with Crippen molar-refractivity contribution in [2.75, 3.05) is 5.32 Å². The van der Waals surface area contributed by atoms with Crippen molar-refractivity contribution in [1.82, 2.24) is 0 Å². The average Bonchev–Trinajstić information content (AvgIpc) is 2.20. The third-order valence-electron chi connectivity index (χ3n) is 2.79. The van der Waals surface area contributed by atoms with Crippen LogP contribution in [-0.2, 0) is 0 Å². The molecule has 1 aromatic rings. The van der Waals surface area contributed by atoms with Crippen LogP contribution in [0.15, 0.2) is 16.6 Å². The van der Waals surface area contributed by atoms with Crippen molar-refractivity contribution in [1.29, 1.82) is 0 Å². The topological polar surface area (TPSA) is 38.0 Å². The molecule has 0 heterocycles. The largest absolute Gasteiger partial charge is 0.389 e. The van der Waals surface area contributed by atoms with Crippen molar-refractivity contribution < 1.29 is 4.39 Å². The molecule has 0 amide bonds. The summed E-state index contributed by atoms with van der Waals surface area (Å²) in [6.07, 6.45) is 0.911. The van der Waals surface area contributed by atoms with E-state index in [-0.39, 0.29) is 21.8 Å². The van der Waals surface area contributed by atoms with Gasteiger partial charge in [-0.1, -0.05) is 33.0 Å². The Bertz CT molecular complexity index is 521. The fraction of sp³-hybridized carbons (Fsp3) is 0.533. The second-order valence-electron chi connectivity index (χ2n) is 6.90. The van der Waals surface area contributed by atoms with Gasteiger partial charge in [0.2, 0.25) is 0 Å². The summed E-state index contributed by atoms with van der Waals surface area (Å²) in [7, 11) is 0. The van der Waals surface area contributed by atoms with Gasteiger partial charge in [-0.05, 0) is 53.7 Å². The van der Waals surface area contributed by atoms with Crippen LogP contribution in [0.5, 0.6) is 0 Å². The Kier molecular flexibility index (Phi) is 5.19. The van der Waals surface area contributed by atoms with E-state index in [4.69, 9.17) is 18.0 Å². The fourth-order valence-corrected chi connectivity index (χ4v) is 3.43. The molecule has 0 aliphatic heterocycles. The molecule has 0 aliphatic carbocycles. The monoisotopic (exact) mass is 360 g/mol. The van der Waals surface area contributed by atoms with E-state index in [1.807, 2.05) is 0 Å². The molecule has 0 aromatic heterocycles. The average molecular weight is 361 g/mol. The number of rotatable bonds is 4. The second-order valence-corrected chi connectivity index (χ2v) is 8.13. The molecule has 0 saturated carbocycles. The quantitative estimate of drug-likeness (QED) is 0.753. The molecule has 0 fully saturated rings. The molecule has 0 aliphatic rings. The van der Waals surface area contributed by atoms with E-state index >= 15 is 0 Å². The maximum absolute atomic E-state index is 14.4. The molecule has 1 rings (SSSR count). The van der Waals surface area contributed by atoms with Gasteiger partial charge in [0, 0.05) is 11.1 Å². The maximum atomic E-state index is 14.4. The molecule has 0 unspecified atom stereocenters. The van der Waals surface area contributed by atoms with Gasteiger partial charge < -0.3 is 11.1 Å². The lowest BCUT2D eigenvalue weighted by Gasteiger charge is -2.34. The maximum Gasteiger partial charge on any atom is 0.161 e. The zero-order valence-electron chi connectivity index (χ0n) is 12.6. The summed E-state index contributed by atoms with van der Waals surface area (Å²) < 4.78 is 14.7. The van der Waals surface area contributed by atoms with Gasteiger partial charge in [-0.3, -0.25) is 0 Å². The van der Waals surface area contributed by atoms with E-state index < -0.39 is 0 Å². The van der Waals surface area contributed by atoms with Gasteiger partial charge in [-0.2, -0.15) is 0 Å². The van der Waals surface area contributed by atoms with Crippen molar-refractivity contribution in [3.05, 3.63) is 28.0 Å². The van der Waals surface area contributed by atoms with Gasteiger partial charge in [0.15, 0.2) is 5.82 Å². The number of nitrogens with two attached hydrogens (primary N) is 1. The van der Waals surface area contributed by atoms with Gasteiger partial charge in [-0.25, -0.2) is 4.39 Å². The molecule has 0 radical (unpaired) electrons. The Hall–Kier alpha value is -0.680. The van der Waals surface area contributed by atoms with Crippen LogP contribution < -0.4 is 11.1 Å². The van der Waals surface area contributed by atoms with Crippen molar-refractivity contribution in [2.45, 2.75) is 46.6 Å². The summed E-state index contributed by atoms with van der Waals surface area (Å²) in [4.78, 5) is 0.177. The van der Waals surface area contributed by atoms with Crippen LogP contribution in [-0.4, -0.2) is 10.5 Å². The van der Waals surface area contributed by atoms with E-state index in [0.717, 1.165) is 6.42 Å². The minimum absolute atomic E-state index is 0.156. The van der Waals surface area contributed by atoms with Crippen LogP contribution in [0.3, 0.4) is 0 Å². The molecule has 3 N–H and O–H groups in total. The minimum atomic E-state index is -0.364. The smallest absolute Gasteiger partial charge is 0.161 e. The number of anilines is 1. The van der Waals surface area contributed by atoms with Gasteiger partial charge in [0.05, 0.1) is 10.2 Å². The first-order valence-electron chi connectivity index (χ1n) is 6.49. The number of nitrogens with one attached hydrogen (secondary N) is 1. The molecule has 2 nitrogen and oxygen atoms in total. The molecule has 0 saturated heterocycles. The summed E-state index contributed by atoms with van der Waals surface area (Å²) in [5.41, 5.74) is 6.46. The summed E-state index contributed by atoms with van der Waals surface area (Å²) >= 11 is 8.11. The van der Waals surface area contributed by atoms with Crippen LogP contribution >= 0.6 is 28.1 Å². The fourth-order valence-electron chi connectivity index (χ4n) is 2.57. The molecule has 20 heavy (non-hydrogen) atoms. The zero-order valence-corrected chi connectivity index (χ0v) is 15.0. The first-order valence-corrected chi connectivity index (χ1v) is 7.69. The van der Waals surface area contributed by atoms with Crippen molar-refractivity contribution >= 4 is 38.8 Å². The molecule has 5 heteroatoms. The summed E-state index contributed by atoms with van der Waals surface area (Å²) in [6, 6.07) is 3.41. The lowest BCUT2D eigenvalue weighted by molar-refractivity contribution is 0.302. The first kappa shape index (κ1) is 17.4. The van der Waals surface area contributed by atoms with Crippen LogP contribution in [0.2, 0.25) is 0 Å². The van der Waals surface area contributed by atoms with Crippen LogP contribution in [0.4, 0.5) is 10.1 Å². The third kappa shape index (κ3) is 4.70. The second kappa shape index (κ2) is 5.98. The lowest BCUT2D eigenvalue weighted by atomic mass is 9.81. The highest BCUT2D eigenvalue weighted by Crippen LogP contribution is 2.33. The van der Waals surface area contributed by atoms with Crippen molar-refractivity contribution in [3.8, 4) is 0 Å². The molecule has 1 aromatic carbocycles. The molecule has 0 atom stereocenters. The molecular formula is C15H22BrFN2S. The Balaban J connectivity index is 3.05.